The number of hydrogen-bond acceptors (Lipinski definition) is 7. The van der Waals surface area contributed by atoms with Crippen LogP contribution in [0.5, 0.6) is 0 Å². The van der Waals surface area contributed by atoms with Crippen molar-refractivity contribution in [2.75, 3.05) is 44.9 Å². The number of benzene rings is 2. The molecule has 0 unspecified atom stereocenters. The van der Waals surface area contributed by atoms with E-state index in [1.165, 1.54) is 12.1 Å². The number of halogens is 1. The zero-order valence-corrected chi connectivity index (χ0v) is 23.8. The zero-order valence-electron chi connectivity index (χ0n) is 22.1. The number of piperidine rings is 1. The van der Waals surface area contributed by atoms with Gasteiger partial charge in [0.1, 0.15) is 5.01 Å². The minimum atomic E-state index is -0.937. The van der Waals surface area contributed by atoms with Gasteiger partial charge in [-0.25, -0.2) is 14.3 Å². The molecule has 1 saturated heterocycles. The molecular weight excluding hydrogens is 536 g/mol. The smallest absolute Gasteiger partial charge is 0.335 e. The van der Waals surface area contributed by atoms with Crippen molar-refractivity contribution in [3.05, 3.63) is 60.3 Å². The summed E-state index contributed by atoms with van der Waals surface area (Å²) in [6, 6.07) is 15.4. The molecule has 1 N–H and O–H groups in total. The number of rotatable bonds is 12. The molecule has 2 aromatic heterocycles. The second-order valence-corrected chi connectivity index (χ2v) is 10.7. The molecule has 4 aromatic rings. The van der Waals surface area contributed by atoms with Gasteiger partial charge in [0.2, 0.25) is 4.96 Å². The third-order valence-corrected chi connectivity index (χ3v) is 8.07. The predicted molar refractivity (Wildman–Crippen MR) is 157 cm³/mol. The van der Waals surface area contributed by atoms with E-state index < -0.39 is 5.97 Å². The number of fused-ring (bicyclic) bond motifs is 1. The lowest BCUT2D eigenvalue weighted by Crippen LogP contribution is -2.35. The summed E-state index contributed by atoms with van der Waals surface area (Å²) in [5.74, 6) is -0.293. The Kier molecular flexibility index (Phi) is 10.3. The maximum atomic E-state index is 11.2. The van der Waals surface area contributed by atoms with Crippen LogP contribution in [-0.2, 0) is 9.47 Å². The van der Waals surface area contributed by atoms with Gasteiger partial charge in [-0.05, 0) is 74.4 Å². The minimum absolute atomic E-state index is 0. The molecule has 8 nitrogen and oxygen atoms in total. The summed E-state index contributed by atoms with van der Waals surface area (Å²) in [6.07, 6.45) is 7.48. The molecule has 208 valence electrons. The van der Waals surface area contributed by atoms with Crippen molar-refractivity contribution >= 4 is 40.4 Å². The van der Waals surface area contributed by atoms with Crippen molar-refractivity contribution in [3.63, 3.8) is 0 Å². The molecule has 0 aliphatic carbocycles. The van der Waals surface area contributed by atoms with Crippen molar-refractivity contribution in [1.82, 2.24) is 14.6 Å². The summed E-state index contributed by atoms with van der Waals surface area (Å²) in [6.45, 7) is 4.66. The summed E-state index contributed by atoms with van der Waals surface area (Å²) >= 11 is 1.54. The molecule has 1 aliphatic heterocycles. The van der Waals surface area contributed by atoms with Crippen LogP contribution >= 0.6 is 23.7 Å². The van der Waals surface area contributed by atoms with Crippen LogP contribution in [0.25, 0.3) is 26.8 Å². The number of carbonyl (C=O) groups is 1. The number of imidazole rings is 1. The van der Waals surface area contributed by atoms with Gasteiger partial charge in [-0.2, -0.15) is 5.10 Å². The molecule has 0 atom stereocenters. The number of aromatic nitrogens is 3. The first-order chi connectivity index (χ1) is 18.6. The lowest BCUT2D eigenvalue weighted by atomic mass is 9.97. The third-order valence-electron chi connectivity index (χ3n) is 7.10. The van der Waals surface area contributed by atoms with E-state index in [1.807, 2.05) is 4.52 Å². The van der Waals surface area contributed by atoms with Crippen molar-refractivity contribution in [1.29, 1.82) is 0 Å². The normalized spacial score (nSPS) is 14.0. The summed E-state index contributed by atoms with van der Waals surface area (Å²) < 4.78 is 12.9. The van der Waals surface area contributed by atoms with Gasteiger partial charge in [-0.15, -0.1) is 12.4 Å². The minimum Gasteiger partial charge on any atom is -0.478 e. The Bertz CT molecular complexity index is 1330. The highest BCUT2D eigenvalue weighted by molar-refractivity contribution is 7.19. The van der Waals surface area contributed by atoms with Crippen LogP contribution in [0.2, 0.25) is 0 Å². The molecule has 5 rings (SSSR count). The molecule has 2 aromatic carbocycles. The van der Waals surface area contributed by atoms with Crippen LogP contribution in [0.4, 0.5) is 5.69 Å². The first-order valence-electron chi connectivity index (χ1n) is 13.2. The fourth-order valence-electron chi connectivity index (χ4n) is 4.84. The van der Waals surface area contributed by atoms with Gasteiger partial charge in [0.15, 0.2) is 0 Å². The third kappa shape index (κ3) is 7.16. The van der Waals surface area contributed by atoms with Gasteiger partial charge in [-0.1, -0.05) is 23.5 Å². The molecular formula is C29H35ClN4O4S. The van der Waals surface area contributed by atoms with E-state index in [0.29, 0.717) is 5.92 Å². The summed E-state index contributed by atoms with van der Waals surface area (Å²) in [4.78, 5) is 18.9. The highest BCUT2D eigenvalue weighted by Gasteiger charge is 2.20. The molecule has 0 bridgehead atoms. The highest BCUT2D eigenvalue weighted by Crippen LogP contribution is 2.31. The van der Waals surface area contributed by atoms with Crippen LogP contribution < -0.4 is 4.90 Å². The van der Waals surface area contributed by atoms with Gasteiger partial charge in [0.05, 0.1) is 17.5 Å². The van der Waals surface area contributed by atoms with Gasteiger partial charge < -0.3 is 19.5 Å². The van der Waals surface area contributed by atoms with Gasteiger partial charge >= 0.3 is 5.97 Å². The van der Waals surface area contributed by atoms with Crippen molar-refractivity contribution in [2.24, 2.45) is 5.92 Å². The maximum Gasteiger partial charge on any atom is 0.335 e. The number of anilines is 1. The Morgan fingerprint density at radius 3 is 2.38 bits per heavy atom. The first kappa shape index (κ1) is 29.0. The number of aromatic carboxylic acids is 1. The molecule has 1 aliphatic rings. The molecule has 3 heterocycles. The number of ether oxygens (including phenoxy) is 2. The van der Waals surface area contributed by atoms with Crippen molar-refractivity contribution in [3.8, 4) is 21.8 Å². The average molecular weight is 571 g/mol. The topological polar surface area (TPSA) is 89.2 Å². The van der Waals surface area contributed by atoms with Crippen molar-refractivity contribution < 1.29 is 19.4 Å². The van der Waals surface area contributed by atoms with Crippen LogP contribution in [0, 0.1) is 5.92 Å². The monoisotopic (exact) mass is 570 g/mol. The molecule has 39 heavy (non-hydrogen) atoms. The summed E-state index contributed by atoms with van der Waals surface area (Å²) in [5.41, 5.74) is 4.28. The second-order valence-electron chi connectivity index (χ2n) is 9.73. The Morgan fingerprint density at radius 1 is 1.00 bits per heavy atom. The molecule has 0 amide bonds. The van der Waals surface area contributed by atoms with E-state index in [0.717, 1.165) is 85.4 Å². The van der Waals surface area contributed by atoms with E-state index in [9.17, 15) is 4.79 Å². The van der Waals surface area contributed by atoms with E-state index in [-0.39, 0.29) is 18.0 Å². The highest BCUT2D eigenvalue weighted by atomic mass is 35.5. The van der Waals surface area contributed by atoms with Gasteiger partial charge in [-0.3, -0.25) is 0 Å². The molecule has 10 heteroatoms. The summed E-state index contributed by atoms with van der Waals surface area (Å²) in [7, 11) is 1.75. The van der Waals surface area contributed by atoms with Gasteiger partial charge in [0, 0.05) is 56.8 Å². The van der Waals surface area contributed by atoms with Crippen LogP contribution in [0.1, 0.15) is 42.5 Å². The summed E-state index contributed by atoms with van der Waals surface area (Å²) in [5, 5.41) is 14.9. The number of carboxylic acid groups (broad SMARTS) is 1. The number of hydrogen-bond donors (Lipinski definition) is 1. The largest absolute Gasteiger partial charge is 0.478 e. The Morgan fingerprint density at radius 2 is 1.69 bits per heavy atom. The Labute approximate surface area is 239 Å². The fraction of sp³-hybridized carbons (Fsp3) is 0.414. The number of methoxy groups -OCH3 is 1. The van der Waals surface area contributed by atoms with Crippen molar-refractivity contribution in [2.45, 2.75) is 32.1 Å². The van der Waals surface area contributed by atoms with E-state index in [1.54, 1.807) is 48.9 Å². The standard InChI is InChI=1S/C29H34N4O4S.ClH/c1-36-17-3-2-4-18-37-20-21-13-15-32(16-14-21)25-11-9-23(10-12-25)27-31-33-26(19-30-29(33)38-27)22-5-7-24(8-6-22)28(34)35;/h5-12,19,21H,2-4,13-18,20H2,1H3,(H,34,35);1H. The lowest BCUT2D eigenvalue weighted by Gasteiger charge is -2.33. The SMILES string of the molecule is COCCCCCOCC1CCN(c2ccc(-c3nn4c(-c5ccc(C(=O)O)cc5)cnc4s3)cc2)CC1.Cl. The van der Waals surface area contributed by atoms with Crippen LogP contribution in [0.3, 0.4) is 0 Å². The molecule has 0 radical (unpaired) electrons. The quantitative estimate of drug-likeness (QED) is 0.200. The molecule has 1 fully saturated rings. The lowest BCUT2D eigenvalue weighted by molar-refractivity contribution is 0.0697. The molecule has 0 saturated carbocycles. The Hall–Kier alpha value is -2.98. The molecule has 0 spiro atoms. The Balaban J connectivity index is 0.00000353. The fourth-order valence-corrected chi connectivity index (χ4v) is 5.72. The van der Waals surface area contributed by atoms with E-state index in [2.05, 4.69) is 34.1 Å². The maximum absolute atomic E-state index is 11.2. The number of nitrogens with zero attached hydrogens (tertiary/aromatic N) is 4. The van der Waals surface area contributed by atoms with E-state index >= 15 is 0 Å². The zero-order chi connectivity index (χ0) is 26.3. The predicted octanol–water partition coefficient (Wildman–Crippen LogP) is 6.29. The van der Waals surface area contributed by atoms with Gasteiger partial charge in [0.25, 0.3) is 0 Å². The average Bonchev–Trinajstić information content (AvgIpc) is 3.54. The van der Waals surface area contributed by atoms with Crippen LogP contribution in [0.15, 0.2) is 54.7 Å². The van der Waals surface area contributed by atoms with E-state index in [4.69, 9.17) is 19.7 Å². The number of unbranched alkanes of at least 4 members (excludes halogenated alkanes) is 2. The number of carboxylic acids is 1. The first-order valence-corrected chi connectivity index (χ1v) is 14.0. The van der Waals surface area contributed by atoms with Crippen LogP contribution in [-0.4, -0.2) is 65.7 Å². The second kappa shape index (κ2) is 13.9.